The molecule has 1 aromatic rings. The molecule has 1 aliphatic heterocycles. The third-order valence-corrected chi connectivity index (χ3v) is 7.33. The molecule has 1 saturated heterocycles. The van der Waals surface area contributed by atoms with E-state index in [9.17, 15) is 4.79 Å². The average Bonchev–Trinajstić information content (AvgIpc) is 3.23. The highest BCUT2D eigenvalue weighted by molar-refractivity contribution is 5.98. The second-order valence-electron chi connectivity index (χ2n) is 9.49. The van der Waals surface area contributed by atoms with Crippen LogP contribution in [0.4, 0.5) is 0 Å². The van der Waals surface area contributed by atoms with Crippen LogP contribution in [0.15, 0.2) is 4.99 Å². The predicted molar refractivity (Wildman–Crippen MR) is 107 cm³/mol. The molecule has 3 aliphatic rings. The van der Waals surface area contributed by atoms with E-state index in [2.05, 4.69) is 25.8 Å². The molecular formula is C21H32N4O3. The maximum absolute atomic E-state index is 12.8. The van der Waals surface area contributed by atoms with E-state index < -0.39 is 5.79 Å². The Bertz CT molecular complexity index is 820. The Kier molecular flexibility index (Phi) is 4.47. The summed E-state index contributed by atoms with van der Waals surface area (Å²) in [5.74, 6) is -0.332. The highest BCUT2D eigenvalue weighted by Gasteiger charge is 2.64. The number of ether oxygens (including phenoxy) is 2. The first-order valence-electron chi connectivity index (χ1n) is 10.2. The van der Waals surface area contributed by atoms with Crippen molar-refractivity contribution in [3.05, 3.63) is 17.0 Å². The van der Waals surface area contributed by atoms with Crippen molar-refractivity contribution >= 4 is 12.2 Å². The lowest BCUT2D eigenvalue weighted by atomic mass is 9.49. The molecule has 0 aromatic carbocycles. The van der Waals surface area contributed by atoms with E-state index in [-0.39, 0.29) is 16.7 Å². The van der Waals surface area contributed by atoms with Crippen LogP contribution >= 0.6 is 0 Å². The average molecular weight is 389 g/mol. The Hall–Kier alpha value is -1.73. The molecule has 2 atom stereocenters. The molecular weight excluding hydrogens is 356 g/mol. The van der Waals surface area contributed by atoms with Crippen molar-refractivity contribution in [2.45, 2.75) is 57.7 Å². The van der Waals surface area contributed by atoms with Gasteiger partial charge in [0.25, 0.3) is 5.91 Å². The van der Waals surface area contributed by atoms with E-state index in [0.29, 0.717) is 24.8 Å². The van der Waals surface area contributed by atoms with Gasteiger partial charge in [0.1, 0.15) is 5.69 Å². The highest BCUT2D eigenvalue weighted by Crippen LogP contribution is 2.62. The Morgan fingerprint density at radius 2 is 1.93 bits per heavy atom. The first-order chi connectivity index (χ1) is 13.1. The van der Waals surface area contributed by atoms with Gasteiger partial charge >= 0.3 is 0 Å². The number of rotatable bonds is 2. The molecule has 7 heteroatoms. The SMILES string of the molecule is CN(C)C=NC(=O)c1c2c(nn1C)C1(C)CCC3(OCCO3)C(C)(C)[C@@H]1CC2. The van der Waals surface area contributed by atoms with Gasteiger partial charge in [-0.05, 0) is 25.2 Å². The number of nitrogens with zero attached hydrogens (tertiary/aromatic N) is 4. The van der Waals surface area contributed by atoms with Crippen molar-refractivity contribution in [1.29, 1.82) is 0 Å². The fourth-order valence-corrected chi connectivity index (χ4v) is 5.97. The maximum Gasteiger partial charge on any atom is 0.296 e. The Balaban J connectivity index is 1.74. The lowest BCUT2D eigenvalue weighted by molar-refractivity contribution is -0.276. The smallest absolute Gasteiger partial charge is 0.296 e. The van der Waals surface area contributed by atoms with Crippen LogP contribution in [0.3, 0.4) is 0 Å². The van der Waals surface area contributed by atoms with Gasteiger partial charge in [0, 0.05) is 44.0 Å². The van der Waals surface area contributed by atoms with E-state index in [1.54, 1.807) is 15.9 Å². The summed E-state index contributed by atoms with van der Waals surface area (Å²) >= 11 is 0. The number of hydrogen-bond donors (Lipinski definition) is 0. The predicted octanol–water partition coefficient (Wildman–Crippen LogP) is 2.53. The molecule has 7 nitrogen and oxygen atoms in total. The van der Waals surface area contributed by atoms with Gasteiger partial charge in [-0.3, -0.25) is 9.48 Å². The van der Waals surface area contributed by atoms with Gasteiger partial charge in [-0.25, -0.2) is 0 Å². The number of hydrogen-bond acceptors (Lipinski definition) is 4. The molecule has 0 bridgehead atoms. The van der Waals surface area contributed by atoms with Crippen molar-refractivity contribution in [3.63, 3.8) is 0 Å². The van der Waals surface area contributed by atoms with Crippen LogP contribution in [-0.4, -0.2) is 60.0 Å². The normalized spacial score (nSPS) is 30.4. The standard InChI is InChI=1S/C21H32N4O3/c1-19(2)15-8-7-14-16(18(26)22-13-24(4)5)25(6)23-17(14)20(15,3)9-10-21(19)27-11-12-28-21/h13,15H,7-12H2,1-6H3/t15-,20?/m0/s1. The molecule has 2 heterocycles. The zero-order valence-corrected chi connectivity index (χ0v) is 17.9. The second-order valence-corrected chi connectivity index (χ2v) is 9.49. The minimum atomic E-state index is -0.488. The topological polar surface area (TPSA) is 69.0 Å². The van der Waals surface area contributed by atoms with Gasteiger partial charge < -0.3 is 14.4 Å². The molecule has 4 rings (SSSR count). The second kappa shape index (κ2) is 6.39. The number of amides is 1. The Morgan fingerprint density at radius 3 is 2.57 bits per heavy atom. The number of carbonyl (C=O) groups is 1. The van der Waals surface area contributed by atoms with E-state index in [0.717, 1.165) is 36.9 Å². The zero-order valence-electron chi connectivity index (χ0n) is 17.9. The van der Waals surface area contributed by atoms with Gasteiger partial charge in [-0.1, -0.05) is 20.8 Å². The summed E-state index contributed by atoms with van der Waals surface area (Å²) in [6.45, 7) is 8.21. The quantitative estimate of drug-likeness (QED) is 0.575. The van der Waals surface area contributed by atoms with Crippen molar-refractivity contribution in [2.75, 3.05) is 27.3 Å². The number of carbonyl (C=O) groups excluding carboxylic acids is 1. The number of fused-ring (bicyclic) bond motifs is 3. The van der Waals surface area contributed by atoms with E-state index in [4.69, 9.17) is 14.6 Å². The van der Waals surface area contributed by atoms with Crippen LogP contribution in [0.1, 0.15) is 61.8 Å². The molecule has 1 saturated carbocycles. The van der Waals surface area contributed by atoms with E-state index >= 15 is 0 Å². The first kappa shape index (κ1) is 19.6. The van der Waals surface area contributed by atoms with Crippen molar-refractivity contribution < 1.29 is 14.3 Å². The highest BCUT2D eigenvalue weighted by atomic mass is 16.7. The van der Waals surface area contributed by atoms with Crippen LogP contribution in [0.2, 0.25) is 0 Å². The fourth-order valence-electron chi connectivity index (χ4n) is 5.97. The number of aliphatic imine (C=N–C) groups is 1. The van der Waals surface area contributed by atoms with Crippen LogP contribution in [0.5, 0.6) is 0 Å². The minimum Gasteiger partial charge on any atom is -0.369 e. The van der Waals surface area contributed by atoms with Crippen molar-refractivity contribution in [2.24, 2.45) is 23.4 Å². The molecule has 28 heavy (non-hydrogen) atoms. The molecule has 1 amide bonds. The summed E-state index contributed by atoms with van der Waals surface area (Å²) in [7, 11) is 5.57. The third kappa shape index (κ3) is 2.59. The summed E-state index contributed by atoms with van der Waals surface area (Å²) in [5, 5.41) is 4.86. The Morgan fingerprint density at radius 1 is 1.25 bits per heavy atom. The molecule has 154 valence electrons. The first-order valence-corrected chi connectivity index (χ1v) is 10.2. The molecule has 0 radical (unpaired) electrons. The summed E-state index contributed by atoms with van der Waals surface area (Å²) in [6, 6.07) is 0. The van der Waals surface area contributed by atoms with Gasteiger partial charge in [-0.15, -0.1) is 0 Å². The van der Waals surface area contributed by atoms with Crippen molar-refractivity contribution in [3.8, 4) is 0 Å². The molecule has 0 N–H and O–H groups in total. The summed E-state index contributed by atoms with van der Waals surface area (Å²) in [5.41, 5.74) is 2.54. The third-order valence-electron chi connectivity index (χ3n) is 7.33. The van der Waals surface area contributed by atoms with Crippen molar-refractivity contribution in [1.82, 2.24) is 14.7 Å². The summed E-state index contributed by atoms with van der Waals surface area (Å²) in [4.78, 5) is 18.6. The van der Waals surface area contributed by atoms with Gasteiger partial charge in [0.15, 0.2) is 5.79 Å². The minimum absolute atomic E-state index is 0.0980. The van der Waals surface area contributed by atoms with Crippen LogP contribution in [-0.2, 0) is 28.4 Å². The summed E-state index contributed by atoms with van der Waals surface area (Å²) < 4.78 is 14.1. The molecule has 1 unspecified atom stereocenters. The molecule has 1 spiro atoms. The summed E-state index contributed by atoms with van der Waals surface area (Å²) in [6.07, 6.45) is 5.18. The molecule has 2 aliphatic carbocycles. The van der Waals surface area contributed by atoms with Crippen LogP contribution in [0, 0.1) is 11.3 Å². The molecule has 2 fully saturated rings. The maximum atomic E-state index is 12.8. The lowest BCUT2D eigenvalue weighted by Crippen LogP contribution is -2.61. The molecule has 1 aromatic heterocycles. The van der Waals surface area contributed by atoms with Gasteiger partial charge in [0.05, 0.1) is 25.2 Å². The van der Waals surface area contributed by atoms with Crippen LogP contribution < -0.4 is 0 Å². The van der Waals surface area contributed by atoms with Gasteiger partial charge in [-0.2, -0.15) is 10.1 Å². The van der Waals surface area contributed by atoms with E-state index in [1.165, 1.54) is 0 Å². The fraction of sp³-hybridized carbons (Fsp3) is 0.762. The van der Waals surface area contributed by atoms with Crippen LogP contribution in [0.25, 0.3) is 0 Å². The van der Waals surface area contributed by atoms with E-state index in [1.807, 2.05) is 21.1 Å². The zero-order chi connectivity index (χ0) is 20.3. The number of aromatic nitrogens is 2. The largest absolute Gasteiger partial charge is 0.369 e. The monoisotopic (exact) mass is 388 g/mol. The van der Waals surface area contributed by atoms with Gasteiger partial charge in [0.2, 0.25) is 0 Å². The lowest BCUT2D eigenvalue weighted by Gasteiger charge is -2.59. The Labute approximate surface area is 167 Å². The number of aryl methyl sites for hydroxylation is 1.